The van der Waals surface area contributed by atoms with Crippen LogP contribution in [0.3, 0.4) is 0 Å². The number of rotatable bonds is 4. The standard InChI is InChI=1S/C17H14BrFN2/c18-14-6-3-13(10-20)16(9-14)21-17(11-1-2-11)12-4-7-15(19)8-5-12/h3-9,11,17,21H,1-2H2. The van der Waals surface area contributed by atoms with E-state index in [1.54, 1.807) is 6.07 Å². The van der Waals surface area contributed by atoms with E-state index < -0.39 is 0 Å². The molecule has 0 spiro atoms. The van der Waals surface area contributed by atoms with Gasteiger partial charge in [0.25, 0.3) is 0 Å². The van der Waals surface area contributed by atoms with Gasteiger partial charge in [-0.3, -0.25) is 0 Å². The molecule has 3 rings (SSSR count). The first-order valence-electron chi connectivity index (χ1n) is 6.89. The van der Waals surface area contributed by atoms with Crippen LogP contribution in [0.15, 0.2) is 46.9 Å². The van der Waals surface area contributed by atoms with Gasteiger partial charge in [0.2, 0.25) is 0 Å². The zero-order valence-electron chi connectivity index (χ0n) is 11.3. The third-order valence-electron chi connectivity index (χ3n) is 3.74. The Morgan fingerprint density at radius 3 is 2.52 bits per heavy atom. The van der Waals surface area contributed by atoms with Crippen LogP contribution in [-0.2, 0) is 0 Å². The average molecular weight is 345 g/mol. The number of hydrogen-bond acceptors (Lipinski definition) is 2. The van der Waals surface area contributed by atoms with Crippen molar-refractivity contribution in [1.82, 2.24) is 0 Å². The highest BCUT2D eigenvalue weighted by Gasteiger charge is 2.32. The van der Waals surface area contributed by atoms with Crippen LogP contribution in [0.1, 0.15) is 30.0 Å². The second-order valence-corrected chi connectivity index (χ2v) is 6.23. The maximum Gasteiger partial charge on any atom is 0.123 e. The molecule has 4 heteroatoms. The van der Waals surface area contributed by atoms with E-state index in [1.807, 2.05) is 24.3 Å². The van der Waals surface area contributed by atoms with Gasteiger partial charge in [0.15, 0.2) is 0 Å². The average Bonchev–Trinajstić information content (AvgIpc) is 3.31. The molecule has 2 aromatic carbocycles. The van der Waals surface area contributed by atoms with Crippen molar-refractivity contribution in [2.24, 2.45) is 5.92 Å². The lowest BCUT2D eigenvalue weighted by molar-refractivity contribution is 0.622. The maximum atomic E-state index is 13.1. The van der Waals surface area contributed by atoms with Crippen LogP contribution in [0.2, 0.25) is 0 Å². The van der Waals surface area contributed by atoms with E-state index in [0.717, 1.165) is 28.6 Å². The van der Waals surface area contributed by atoms with Crippen molar-refractivity contribution in [2.75, 3.05) is 5.32 Å². The second kappa shape index (κ2) is 5.87. The monoisotopic (exact) mass is 344 g/mol. The predicted molar refractivity (Wildman–Crippen MR) is 84.3 cm³/mol. The van der Waals surface area contributed by atoms with Crippen molar-refractivity contribution >= 4 is 21.6 Å². The molecule has 106 valence electrons. The molecule has 0 amide bonds. The topological polar surface area (TPSA) is 35.8 Å². The van der Waals surface area contributed by atoms with Gasteiger partial charge < -0.3 is 5.32 Å². The van der Waals surface area contributed by atoms with Crippen molar-refractivity contribution in [3.8, 4) is 6.07 Å². The third-order valence-corrected chi connectivity index (χ3v) is 4.23. The Labute approximate surface area is 131 Å². The molecule has 0 heterocycles. The molecule has 1 aliphatic carbocycles. The Balaban J connectivity index is 1.91. The van der Waals surface area contributed by atoms with Crippen LogP contribution >= 0.6 is 15.9 Å². The Hall–Kier alpha value is -1.86. The number of halogens is 2. The summed E-state index contributed by atoms with van der Waals surface area (Å²) < 4.78 is 14.0. The summed E-state index contributed by atoms with van der Waals surface area (Å²) in [7, 11) is 0. The summed E-state index contributed by atoms with van der Waals surface area (Å²) in [5.41, 5.74) is 2.49. The molecule has 2 nitrogen and oxygen atoms in total. The van der Waals surface area contributed by atoms with E-state index in [-0.39, 0.29) is 11.9 Å². The van der Waals surface area contributed by atoms with Crippen LogP contribution in [0.4, 0.5) is 10.1 Å². The molecular weight excluding hydrogens is 331 g/mol. The van der Waals surface area contributed by atoms with Crippen LogP contribution in [-0.4, -0.2) is 0 Å². The molecule has 1 unspecified atom stereocenters. The minimum Gasteiger partial charge on any atom is -0.377 e. The Bertz CT molecular complexity index is 687. The maximum absolute atomic E-state index is 13.1. The van der Waals surface area contributed by atoms with E-state index in [1.165, 1.54) is 12.1 Å². The summed E-state index contributed by atoms with van der Waals surface area (Å²) in [5.74, 6) is 0.314. The Morgan fingerprint density at radius 2 is 1.90 bits per heavy atom. The van der Waals surface area contributed by atoms with Gasteiger partial charge >= 0.3 is 0 Å². The number of hydrogen-bond donors (Lipinski definition) is 1. The first kappa shape index (κ1) is 14.1. The third kappa shape index (κ3) is 3.25. The van der Waals surface area contributed by atoms with Gasteiger partial charge in [0.1, 0.15) is 11.9 Å². The molecule has 1 saturated carbocycles. The summed E-state index contributed by atoms with van der Waals surface area (Å²) in [6, 6.07) is 14.5. The zero-order valence-corrected chi connectivity index (χ0v) is 12.9. The lowest BCUT2D eigenvalue weighted by Gasteiger charge is -2.21. The minimum absolute atomic E-state index is 0.118. The molecule has 1 fully saturated rings. The van der Waals surface area contributed by atoms with Gasteiger partial charge in [-0.2, -0.15) is 5.26 Å². The molecule has 1 aliphatic rings. The van der Waals surface area contributed by atoms with E-state index in [4.69, 9.17) is 0 Å². The van der Waals surface area contributed by atoms with E-state index in [2.05, 4.69) is 27.3 Å². The number of benzene rings is 2. The fourth-order valence-electron chi connectivity index (χ4n) is 2.47. The van der Waals surface area contributed by atoms with Gasteiger partial charge in [0.05, 0.1) is 17.3 Å². The summed E-state index contributed by atoms with van der Waals surface area (Å²) in [5, 5.41) is 12.7. The Kier molecular flexibility index (Phi) is 3.94. The van der Waals surface area contributed by atoms with Crippen LogP contribution in [0.5, 0.6) is 0 Å². The summed E-state index contributed by atoms with van der Waals surface area (Å²) in [4.78, 5) is 0. The fourth-order valence-corrected chi connectivity index (χ4v) is 2.84. The predicted octanol–water partition coefficient (Wildman–Crippen LogP) is 5.02. The highest BCUT2D eigenvalue weighted by Crippen LogP contribution is 2.43. The highest BCUT2D eigenvalue weighted by molar-refractivity contribution is 9.10. The molecule has 0 radical (unpaired) electrons. The number of anilines is 1. The van der Waals surface area contributed by atoms with Crippen molar-refractivity contribution in [3.63, 3.8) is 0 Å². The van der Waals surface area contributed by atoms with Crippen molar-refractivity contribution < 1.29 is 4.39 Å². The number of nitrogens with zero attached hydrogens (tertiary/aromatic N) is 1. The van der Waals surface area contributed by atoms with Gasteiger partial charge in [-0.25, -0.2) is 4.39 Å². The van der Waals surface area contributed by atoms with E-state index >= 15 is 0 Å². The van der Waals surface area contributed by atoms with Crippen LogP contribution < -0.4 is 5.32 Å². The van der Waals surface area contributed by atoms with Gasteiger partial charge in [-0.1, -0.05) is 28.1 Å². The van der Waals surface area contributed by atoms with Gasteiger partial charge in [-0.05, 0) is 54.7 Å². The van der Waals surface area contributed by atoms with E-state index in [0.29, 0.717) is 11.5 Å². The van der Waals surface area contributed by atoms with Crippen molar-refractivity contribution in [2.45, 2.75) is 18.9 Å². The highest BCUT2D eigenvalue weighted by atomic mass is 79.9. The van der Waals surface area contributed by atoms with Gasteiger partial charge in [0, 0.05) is 4.47 Å². The molecule has 1 atom stereocenters. The van der Waals surface area contributed by atoms with Crippen molar-refractivity contribution in [1.29, 1.82) is 5.26 Å². The van der Waals surface area contributed by atoms with Crippen LogP contribution in [0.25, 0.3) is 0 Å². The smallest absolute Gasteiger partial charge is 0.123 e. The lowest BCUT2D eigenvalue weighted by Crippen LogP contribution is -2.13. The van der Waals surface area contributed by atoms with Crippen LogP contribution in [0, 0.1) is 23.1 Å². The molecule has 0 aliphatic heterocycles. The zero-order chi connectivity index (χ0) is 14.8. The fraction of sp³-hybridized carbons (Fsp3) is 0.235. The lowest BCUT2D eigenvalue weighted by atomic mass is 10.0. The molecule has 1 N–H and O–H groups in total. The molecule has 0 bridgehead atoms. The molecule has 0 aromatic heterocycles. The molecular formula is C17H14BrFN2. The summed E-state index contributed by atoms with van der Waals surface area (Å²) >= 11 is 3.43. The first-order valence-corrected chi connectivity index (χ1v) is 7.68. The largest absolute Gasteiger partial charge is 0.377 e. The van der Waals surface area contributed by atoms with Crippen molar-refractivity contribution in [3.05, 3.63) is 63.9 Å². The minimum atomic E-state index is -0.228. The molecule has 0 saturated heterocycles. The summed E-state index contributed by atoms with van der Waals surface area (Å²) in [6.45, 7) is 0. The normalized spacial score (nSPS) is 15.3. The first-order chi connectivity index (χ1) is 10.2. The SMILES string of the molecule is N#Cc1ccc(Br)cc1NC(c1ccc(F)cc1)C1CC1. The quantitative estimate of drug-likeness (QED) is 0.844. The van der Waals surface area contributed by atoms with E-state index in [9.17, 15) is 9.65 Å². The summed E-state index contributed by atoms with van der Waals surface area (Å²) in [6.07, 6.45) is 2.32. The molecule has 2 aromatic rings. The number of nitrogens with one attached hydrogen (secondary N) is 1. The number of nitriles is 1. The second-order valence-electron chi connectivity index (χ2n) is 5.31. The molecule has 21 heavy (non-hydrogen) atoms. The Morgan fingerprint density at radius 1 is 1.19 bits per heavy atom. The van der Waals surface area contributed by atoms with Gasteiger partial charge in [-0.15, -0.1) is 0 Å².